The second-order valence-corrected chi connectivity index (χ2v) is 7.86. The minimum Gasteiger partial charge on any atom is -0.389 e. The van der Waals surface area contributed by atoms with Gasteiger partial charge in [0.05, 0.1) is 11.1 Å². The summed E-state index contributed by atoms with van der Waals surface area (Å²) in [6.45, 7) is 0. The third-order valence-corrected chi connectivity index (χ3v) is 6.22. The number of aliphatic hydroxyl groups is 1. The molecule has 4 rings (SSSR count). The summed E-state index contributed by atoms with van der Waals surface area (Å²) in [6.07, 6.45) is 7.04. The molecule has 0 radical (unpaired) electrons. The van der Waals surface area contributed by atoms with E-state index in [0.29, 0.717) is 10.5 Å². The molecule has 0 aliphatic carbocycles. The van der Waals surface area contributed by atoms with Crippen LogP contribution in [0.3, 0.4) is 0 Å². The van der Waals surface area contributed by atoms with Crippen molar-refractivity contribution in [2.24, 2.45) is 0 Å². The van der Waals surface area contributed by atoms with Crippen molar-refractivity contribution in [1.82, 2.24) is 4.98 Å². The topological polar surface area (TPSA) is 33.1 Å². The van der Waals surface area contributed by atoms with Crippen LogP contribution < -0.4 is 0 Å². The third kappa shape index (κ3) is 2.23. The Morgan fingerprint density at radius 2 is 1.90 bits per heavy atom. The maximum atomic E-state index is 11.0. The van der Waals surface area contributed by atoms with E-state index in [-0.39, 0.29) is 0 Å². The number of benzene rings is 1. The van der Waals surface area contributed by atoms with E-state index >= 15 is 0 Å². The maximum Gasteiger partial charge on any atom is 0.0734 e. The van der Waals surface area contributed by atoms with Crippen molar-refractivity contribution in [3.05, 3.63) is 42.1 Å². The zero-order valence-electron chi connectivity index (χ0n) is 11.5. The lowest BCUT2D eigenvalue weighted by Crippen LogP contribution is -2.39. The molecule has 3 heteroatoms. The number of hydrogen-bond acceptors (Lipinski definition) is 3. The van der Waals surface area contributed by atoms with Crippen molar-refractivity contribution in [2.75, 3.05) is 0 Å². The quantitative estimate of drug-likeness (QED) is 0.915. The van der Waals surface area contributed by atoms with Gasteiger partial charge in [0.15, 0.2) is 0 Å². The summed E-state index contributed by atoms with van der Waals surface area (Å²) < 4.78 is 0. The van der Waals surface area contributed by atoms with Crippen LogP contribution in [-0.2, 0) is 6.42 Å². The van der Waals surface area contributed by atoms with E-state index in [1.165, 1.54) is 23.8 Å². The Morgan fingerprint density at radius 3 is 2.70 bits per heavy atom. The van der Waals surface area contributed by atoms with Crippen LogP contribution >= 0.6 is 11.8 Å². The predicted octanol–water partition coefficient (Wildman–Crippen LogP) is 3.57. The molecule has 2 aliphatic rings. The van der Waals surface area contributed by atoms with Crippen molar-refractivity contribution in [2.45, 2.75) is 48.2 Å². The Balaban J connectivity index is 1.67. The highest BCUT2D eigenvalue weighted by molar-refractivity contribution is 8.00. The fourth-order valence-electron chi connectivity index (χ4n) is 3.82. The van der Waals surface area contributed by atoms with Crippen LogP contribution in [-0.4, -0.2) is 26.2 Å². The van der Waals surface area contributed by atoms with Gasteiger partial charge in [-0.1, -0.05) is 24.3 Å². The molecule has 2 bridgehead atoms. The van der Waals surface area contributed by atoms with Gasteiger partial charge >= 0.3 is 0 Å². The van der Waals surface area contributed by atoms with Crippen LogP contribution in [0.1, 0.15) is 31.2 Å². The summed E-state index contributed by atoms with van der Waals surface area (Å²) in [5.74, 6) is 0. The molecule has 0 saturated carbocycles. The van der Waals surface area contributed by atoms with Crippen molar-refractivity contribution in [3.63, 3.8) is 0 Å². The maximum absolute atomic E-state index is 11.0. The standard InChI is InChI=1S/C17H19NOS/c19-17(10-14-6-7-15(11-17)20-14)9-13-4-1-3-12-5-2-8-18-16(12)13/h1-5,8,14-15,19H,6-7,9-11H2. The Kier molecular flexibility index (Phi) is 3.00. The summed E-state index contributed by atoms with van der Waals surface area (Å²) in [5.41, 5.74) is 1.72. The molecule has 104 valence electrons. The van der Waals surface area contributed by atoms with Crippen molar-refractivity contribution in [3.8, 4) is 0 Å². The second-order valence-electron chi connectivity index (χ2n) is 6.26. The fourth-order valence-corrected chi connectivity index (χ4v) is 5.72. The van der Waals surface area contributed by atoms with Gasteiger partial charge in [0.2, 0.25) is 0 Å². The normalized spacial score (nSPS) is 32.6. The third-order valence-electron chi connectivity index (χ3n) is 4.65. The second kappa shape index (κ2) is 4.74. The average molecular weight is 285 g/mol. The first-order valence-electron chi connectivity index (χ1n) is 7.42. The number of aromatic nitrogens is 1. The Bertz CT molecular complexity index is 624. The van der Waals surface area contributed by atoms with Crippen molar-refractivity contribution >= 4 is 22.7 Å². The molecule has 2 aromatic rings. The van der Waals surface area contributed by atoms with E-state index in [1.54, 1.807) is 0 Å². The number of fused-ring (bicyclic) bond motifs is 3. The SMILES string of the molecule is OC1(Cc2cccc3cccnc23)CC2CCC(C1)S2. The van der Waals surface area contributed by atoms with E-state index in [9.17, 15) is 5.11 Å². The molecule has 2 saturated heterocycles. The van der Waals surface area contributed by atoms with Crippen LogP contribution in [0.25, 0.3) is 10.9 Å². The van der Waals surface area contributed by atoms with Gasteiger partial charge in [-0.25, -0.2) is 0 Å². The lowest BCUT2D eigenvalue weighted by atomic mass is 9.86. The molecule has 2 fully saturated rings. The molecule has 2 nitrogen and oxygen atoms in total. The lowest BCUT2D eigenvalue weighted by Gasteiger charge is -2.36. The molecule has 0 spiro atoms. The summed E-state index contributed by atoms with van der Waals surface area (Å²) in [7, 11) is 0. The highest BCUT2D eigenvalue weighted by Gasteiger charge is 2.43. The molecule has 2 unspecified atom stereocenters. The molecule has 2 aliphatic heterocycles. The van der Waals surface area contributed by atoms with E-state index in [4.69, 9.17) is 0 Å². The number of hydrogen-bond donors (Lipinski definition) is 1. The van der Waals surface area contributed by atoms with Gasteiger partial charge in [0.1, 0.15) is 0 Å². The zero-order valence-corrected chi connectivity index (χ0v) is 12.3. The summed E-state index contributed by atoms with van der Waals surface area (Å²) in [6, 6.07) is 10.4. The first-order chi connectivity index (χ1) is 9.72. The van der Waals surface area contributed by atoms with Gasteiger partial charge in [-0.05, 0) is 37.3 Å². The molecule has 1 aromatic carbocycles. The minimum atomic E-state index is -0.525. The van der Waals surface area contributed by atoms with Gasteiger partial charge in [0.25, 0.3) is 0 Å². The van der Waals surface area contributed by atoms with Gasteiger partial charge < -0.3 is 5.11 Å². The van der Waals surface area contributed by atoms with Gasteiger partial charge in [0, 0.05) is 28.5 Å². The van der Waals surface area contributed by atoms with E-state index in [0.717, 1.165) is 24.8 Å². The Hall–Kier alpha value is -1.06. The first kappa shape index (κ1) is 12.7. The smallest absolute Gasteiger partial charge is 0.0734 e. The molecular formula is C17H19NOS. The minimum absolute atomic E-state index is 0.525. The molecule has 3 heterocycles. The Morgan fingerprint density at radius 1 is 1.15 bits per heavy atom. The molecule has 2 atom stereocenters. The Labute approximate surface area is 123 Å². The van der Waals surface area contributed by atoms with Crippen LogP contribution in [0.5, 0.6) is 0 Å². The number of rotatable bonds is 2. The monoisotopic (exact) mass is 285 g/mol. The van der Waals surface area contributed by atoms with E-state index in [1.807, 2.05) is 12.3 Å². The first-order valence-corrected chi connectivity index (χ1v) is 8.37. The summed E-state index contributed by atoms with van der Waals surface area (Å²) >= 11 is 2.09. The molecule has 0 amide bonds. The van der Waals surface area contributed by atoms with Gasteiger partial charge in [-0.2, -0.15) is 11.8 Å². The molecule has 1 aromatic heterocycles. The van der Waals surface area contributed by atoms with Gasteiger partial charge in [-0.3, -0.25) is 4.98 Å². The molecule has 1 N–H and O–H groups in total. The molecular weight excluding hydrogens is 266 g/mol. The summed E-state index contributed by atoms with van der Waals surface area (Å²) in [4.78, 5) is 4.52. The largest absolute Gasteiger partial charge is 0.389 e. The summed E-state index contributed by atoms with van der Waals surface area (Å²) in [5, 5.41) is 13.5. The van der Waals surface area contributed by atoms with Crippen molar-refractivity contribution < 1.29 is 5.11 Å². The number of para-hydroxylation sites is 1. The average Bonchev–Trinajstić information content (AvgIpc) is 2.79. The zero-order chi connectivity index (χ0) is 13.6. The van der Waals surface area contributed by atoms with Crippen LogP contribution in [0.4, 0.5) is 0 Å². The van der Waals surface area contributed by atoms with Crippen molar-refractivity contribution in [1.29, 1.82) is 0 Å². The highest BCUT2D eigenvalue weighted by atomic mass is 32.2. The fraction of sp³-hybridized carbons (Fsp3) is 0.471. The van der Waals surface area contributed by atoms with E-state index in [2.05, 4.69) is 41.0 Å². The number of thioether (sulfide) groups is 1. The number of nitrogens with zero attached hydrogens (tertiary/aromatic N) is 1. The molecule has 20 heavy (non-hydrogen) atoms. The van der Waals surface area contributed by atoms with Crippen LogP contribution in [0.15, 0.2) is 36.5 Å². The highest BCUT2D eigenvalue weighted by Crippen LogP contribution is 2.48. The predicted molar refractivity (Wildman–Crippen MR) is 84.0 cm³/mol. The lowest BCUT2D eigenvalue weighted by molar-refractivity contribution is 0.0245. The van der Waals surface area contributed by atoms with E-state index < -0.39 is 5.60 Å². The number of pyridine rings is 1. The van der Waals surface area contributed by atoms with Crippen LogP contribution in [0, 0.1) is 0 Å². The van der Waals surface area contributed by atoms with Gasteiger partial charge in [-0.15, -0.1) is 0 Å². The van der Waals surface area contributed by atoms with Crippen LogP contribution in [0.2, 0.25) is 0 Å².